The molecular weight excluding hydrogens is 353 g/mol. The molecule has 1 N–H and O–H groups in total. The van der Waals surface area contributed by atoms with E-state index in [1.807, 2.05) is 54.6 Å². The number of halogens is 1. The van der Waals surface area contributed by atoms with Crippen molar-refractivity contribution in [2.24, 2.45) is 0 Å². The second-order valence-corrected chi connectivity index (χ2v) is 7.13. The van der Waals surface area contributed by atoms with Crippen LogP contribution in [0.25, 0.3) is 0 Å². The molecule has 1 aliphatic heterocycles. The number of anilines is 1. The van der Waals surface area contributed by atoms with Crippen molar-refractivity contribution >= 4 is 17.3 Å². The number of hydrogen-bond acceptors (Lipinski definition) is 3. The minimum absolute atomic E-state index is 0.0493. The zero-order chi connectivity index (χ0) is 19.7. The van der Waals surface area contributed by atoms with Crippen LogP contribution in [0.15, 0.2) is 78.9 Å². The number of nitrogens with one attached hydrogen (secondary N) is 1. The SMILES string of the molecule is CC(=O)[C@]1(c2ccccc2)Nc2ccccc2[C@H]1CC(=O)c1ccc(F)cc1. The number of para-hydroxylation sites is 1. The monoisotopic (exact) mass is 373 g/mol. The molecule has 0 saturated heterocycles. The number of rotatable bonds is 5. The summed E-state index contributed by atoms with van der Waals surface area (Å²) in [6.45, 7) is 1.56. The Bertz CT molecular complexity index is 1030. The number of benzene rings is 3. The summed E-state index contributed by atoms with van der Waals surface area (Å²) in [5, 5.41) is 3.42. The predicted octanol–water partition coefficient (Wildman–Crippen LogP) is 5.09. The van der Waals surface area contributed by atoms with Crippen LogP contribution >= 0.6 is 0 Å². The first kappa shape index (κ1) is 18.1. The van der Waals surface area contributed by atoms with E-state index in [2.05, 4.69) is 5.32 Å². The molecule has 3 aromatic rings. The maximum atomic E-state index is 13.2. The van der Waals surface area contributed by atoms with E-state index in [4.69, 9.17) is 0 Å². The number of ketones is 2. The lowest BCUT2D eigenvalue weighted by molar-refractivity contribution is -0.122. The van der Waals surface area contributed by atoms with E-state index in [1.165, 1.54) is 24.3 Å². The Morgan fingerprint density at radius 2 is 1.57 bits per heavy atom. The van der Waals surface area contributed by atoms with Crippen LogP contribution in [0.3, 0.4) is 0 Å². The Morgan fingerprint density at radius 1 is 0.929 bits per heavy atom. The summed E-state index contributed by atoms with van der Waals surface area (Å²) in [4.78, 5) is 26.0. The molecule has 0 saturated carbocycles. The van der Waals surface area contributed by atoms with Crippen molar-refractivity contribution in [2.45, 2.75) is 24.8 Å². The normalized spacial score (nSPS) is 20.3. The van der Waals surface area contributed by atoms with Gasteiger partial charge in [-0.2, -0.15) is 0 Å². The van der Waals surface area contributed by atoms with Gasteiger partial charge in [-0.1, -0.05) is 48.5 Å². The van der Waals surface area contributed by atoms with Gasteiger partial charge < -0.3 is 5.32 Å². The number of hydrogen-bond donors (Lipinski definition) is 1. The molecule has 3 aromatic carbocycles. The number of carbonyl (C=O) groups excluding carboxylic acids is 2. The van der Waals surface area contributed by atoms with Gasteiger partial charge in [-0.25, -0.2) is 4.39 Å². The van der Waals surface area contributed by atoms with Gasteiger partial charge in [0, 0.05) is 23.6 Å². The minimum Gasteiger partial charge on any atom is -0.368 e. The standard InChI is InChI=1S/C24H20FNO2/c1-16(27)24(18-7-3-2-4-8-18)21(20-9-5-6-10-22(20)26-24)15-23(28)17-11-13-19(25)14-12-17/h2-14,21,26H,15H2,1H3/t21-,24-/m1/s1. The highest BCUT2D eigenvalue weighted by Gasteiger charge is 2.51. The zero-order valence-electron chi connectivity index (χ0n) is 15.5. The van der Waals surface area contributed by atoms with Gasteiger partial charge in [-0.15, -0.1) is 0 Å². The molecule has 1 aliphatic rings. The summed E-state index contributed by atoms with van der Waals surface area (Å²) in [5.74, 6) is -0.912. The van der Waals surface area contributed by atoms with E-state index in [0.717, 1.165) is 16.8 Å². The van der Waals surface area contributed by atoms with Crippen LogP contribution in [0.4, 0.5) is 10.1 Å². The van der Waals surface area contributed by atoms with E-state index in [1.54, 1.807) is 6.92 Å². The number of Topliss-reactive ketones (excluding diaryl/α,β-unsaturated/α-hetero) is 2. The van der Waals surface area contributed by atoms with E-state index < -0.39 is 5.54 Å². The second-order valence-electron chi connectivity index (χ2n) is 7.13. The molecule has 0 aliphatic carbocycles. The van der Waals surface area contributed by atoms with Gasteiger partial charge in [0.1, 0.15) is 11.4 Å². The highest BCUT2D eigenvalue weighted by molar-refractivity contribution is 6.00. The van der Waals surface area contributed by atoms with E-state index in [-0.39, 0.29) is 29.7 Å². The van der Waals surface area contributed by atoms with Crippen molar-refractivity contribution in [3.05, 3.63) is 101 Å². The molecule has 0 radical (unpaired) electrons. The third kappa shape index (κ3) is 2.91. The first-order valence-corrected chi connectivity index (χ1v) is 9.25. The third-order valence-corrected chi connectivity index (χ3v) is 5.53. The molecule has 0 fully saturated rings. The summed E-state index contributed by atoms with van der Waals surface area (Å²) >= 11 is 0. The summed E-state index contributed by atoms with van der Waals surface area (Å²) in [6, 6.07) is 22.8. The smallest absolute Gasteiger partial charge is 0.163 e. The highest BCUT2D eigenvalue weighted by atomic mass is 19.1. The van der Waals surface area contributed by atoms with Gasteiger partial charge in [0.2, 0.25) is 0 Å². The third-order valence-electron chi connectivity index (χ3n) is 5.53. The van der Waals surface area contributed by atoms with Crippen molar-refractivity contribution in [2.75, 3.05) is 5.32 Å². The van der Waals surface area contributed by atoms with Crippen molar-refractivity contribution in [3.8, 4) is 0 Å². The van der Waals surface area contributed by atoms with Gasteiger partial charge in [-0.05, 0) is 48.4 Å². The molecule has 4 heteroatoms. The first-order chi connectivity index (χ1) is 13.5. The number of carbonyl (C=O) groups is 2. The second kappa shape index (κ2) is 7.04. The van der Waals surface area contributed by atoms with Gasteiger partial charge in [-0.3, -0.25) is 9.59 Å². The van der Waals surface area contributed by atoms with E-state index in [0.29, 0.717) is 5.56 Å². The molecule has 28 heavy (non-hydrogen) atoms. The Kier molecular flexibility index (Phi) is 4.55. The summed E-state index contributed by atoms with van der Waals surface area (Å²) in [6.07, 6.45) is 0.143. The summed E-state index contributed by atoms with van der Waals surface area (Å²) < 4.78 is 13.2. The molecule has 4 rings (SSSR count). The molecule has 1 heterocycles. The molecule has 0 bridgehead atoms. The van der Waals surface area contributed by atoms with Crippen LogP contribution in [0.5, 0.6) is 0 Å². The van der Waals surface area contributed by atoms with Gasteiger partial charge in [0.15, 0.2) is 11.6 Å². The average Bonchev–Trinajstić information content (AvgIpc) is 3.04. The molecular formula is C24H20FNO2. The Balaban J connectivity index is 1.81. The quantitative estimate of drug-likeness (QED) is 0.634. The highest BCUT2D eigenvalue weighted by Crippen LogP contribution is 2.51. The lowest BCUT2D eigenvalue weighted by Gasteiger charge is -2.34. The van der Waals surface area contributed by atoms with E-state index in [9.17, 15) is 14.0 Å². The van der Waals surface area contributed by atoms with Crippen LogP contribution in [0.2, 0.25) is 0 Å². The van der Waals surface area contributed by atoms with Crippen molar-refractivity contribution in [1.82, 2.24) is 0 Å². The molecule has 3 nitrogen and oxygen atoms in total. The Labute approximate surface area is 163 Å². The Hall–Kier alpha value is -3.27. The van der Waals surface area contributed by atoms with Gasteiger partial charge in [0.05, 0.1) is 0 Å². The van der Waals surface area contributed by atoms with Crippen LogP contribution < -0.4 is 5.32 Å². The van der Waals surface area contributed by atoms with Crippen molar-refractivity contribution in [3.63, 3.8) is 0 Å². The minimum atomic E-state index is -1.01. The largest absolute Gasteiger partial charge is 0.368 e. The van der Waals surface area contributed by atoms with Crippen LogP contribution in [-0.4, -0.2) is 11.6 Å². The fourth-order valence-corrected chi connectivity index (χ4v) is 4.16. The maximum absolute atomic E-state index is 13.2. The lowest BCUT2D eigenvalue weighted by atomic mass is 9.72. The average molecular weight is 373 g/mol. The van der Waals surface area contributed by atoms with Crippen LogP contribution in [0, 0.1) is 5.82 Å². The predicted molar refractivity (Wildman–Crippen MR) is 107 cm³/mol. The molecule has 0 unspecified atom stereocenters. The van der Waals surface area contributed by atoms with Gasteiger partial charge >= 0.3 is 0 Å². The van der Waals surface area contributed by atoms with Crippen molar-refractivity contribution < 1.29 is 14.0 Å². The first-order valence-electron chi connectivity index (χ1n) is 9.25. The molecule has 2 atom stereocenters. The molecule has 0 spiro atoms. The maximum Gasteiger partial charge on any atom is 0.163 e. The molecule has 0 aromatic heterocycles. The van der Waals surface area contributed by atoms with Crippen LogP contribution in [0.1, 0.15) is 40.7 Å². The Morgan fingerprint density at radius 3 is 2.25 bits per heavy atom. The molecule has 0 amide bonds. The summed E-state index contributed by atoms with van der Waals surface area (Å²) in [7, 11) is 0. The zero-order valence-corrected chi connectivity index (χ0v) is 15.5. The summed E-state index contributed by atoms with van der Waals surface area (Å²) in [5.41, 5.74) is 2.06. The number of fused-ring (bicyclic) bond motifs is 1. The fraction of sp³-hybridized carbons (Fsp3) is 0.167. The van der Waals surface area contributed by atoms with Crippen molar-refractivity contribution in [1.29, 1.82) is 0 Å². The molecule has 140 valence electrons. The van der Waals surface area contributed by atoms with E-state index >= 15 is 0 Å². The lowest BCUT2D eigenvalue weighted by Crippen LogP contribution is -2.44. The topological polar surface area (TPSA) is 46.2 Å². The fourth-order valence-electron chi connectivity index (χ4n) is 4.16. The van der Waals surface area contributed by atoms with Crippen LogP contribution in [-0.2, 0) is 10.3 Å². The van der Waals surface area contributed by atoms with Gasteiger partial charge in [0.25, 0.3) is 0 Å².